The van der Waals surface area contributed by atoms with Crippen LogP contribution in [0.4, 0.5) is 8.78 Å². The van der Waals surface area contributed by atoms with Crippen molar-refractivity contribution >= 4 is 47.8 Å². The Kier molecular flexibility index (Phi) is 21.2. The Labute approximate surface area is 320 Å². The zero-order chi connectivity index (χ0) is 36.0. The molecule has 0 unspecified atom stereocenters. The van der Waals surface area contributed by atoms with Crippen LogP contribution in [-0.2, 0) is 25.7 Å². The maximum Gasteiger partial charge on any atom is 0.138 e. The minimum atomic E-state index is -0.249. The van der Waals surface area contributed by atoms with E-state index in [0.717, 1.165) is 51.6 Å². The smallest absolute Gasteiger partial charge is 0.138 e. The molecule has 0 N–H and O–H groups in total. The van der Waals surface area contributed by atoms with E-state index >= 15 is 0 Å². The maximum absolute atomic E-state index is 13.9. The van der Waals surface area contributed by atoms with Crippen LogP contribution in [0.1, 0.15) is 118 Å². The molecular formula is C44H49Br3F2. The molecule has 0 aliphatic heterocycles. The van der Waals surface area contributed by atoms with Gasteiger partial charge >= 0.3 is 0 Å². The van der Waals surface area contributed by atoms with Crippen LogP contribution in [0.5, 0.6) is 0 Å². The van der Waals surface area contributed by atoms with Crippen molar-refractivity contribution in [3.63, 3.8) is 0 Å². The second kappa shape index (κ2) is 24.4. The number of benzene rings is 4. The van der Waals surface area contributed by atoms with Gasteiger partial charge in [-0.15, -0.1) is 6.42 Å². The molecule has 0 radical (unpaired) electrons. The van der Waals surface area contributed by atoms with Gasteiger partial charge in [-0.2, -0.15) is 0 Å². The molecule has 4 aromatic rings. The van der Waals surface area contributed by atoms with Gasteiger partial charge in [0.25, 0.3) is 0 Å². The van der Waals surface area contributed by atoms with E-state index in [-0.39, 0.29) is 11.6 Å². The first-order chi connectivity index (χ1) is 23.6. The number of hydrogen-bond donors (Lipinski definition) is 0. The molecule has 0 atom stereocenters. The molecule has 4 aromatic carbocycles. The van der Waals surface area contributed by atoms with Crippen LogP contribution in [0, 0.1) is 35.8 Å². The summed E-state index contributed by atoms with van der Waals surface area (Å²) in [5.74, 6) is 8.37. The van der Waals surface area contributed by atoms with Gasteiger partial charge in [-0.3, -0.25) is 0 Å². The molecule has 0 fully saturated rings. The van der Waals surface area contributed by atoms with Crippen molar-refractivity contribution in [2.24, 2.45) is 0 Å². The van der Waals surface area contributed by atoms with Gasteiger partial charge in [0.1, 0.15) is 11.6 Å². The van der Waals surface area contributed by atoms with E-state index < -0.39 is 0 Å². The van der Waals surface area contributed by atoms with E-state index in [2.05, 4.69) is 116 Å². The highest BCUT2D eigenvalue weighted by Crippen LogP contribution is 2.26. The minimum absolute atomic E-state index is 0.212. The predicted molar refractivity (Wildman–Crippen MR) is 217 cm³/mol. The molecule has 0 aliphatic rings. The zero-order valence-electron chi connectivity index (χ0n) is 29.4. The van der Waals surface area contributed by atoms with Crippen molar-refractivity contribution in [3.8, 4) is 24.2 Å². The molecule has 4 rings (SSSR count). The highest BCUT2D eigenvalue weighted by atomic mass is 79.9. The third-order valence-corrected chi connectivity index (χ3v) is 10.2. The lowest BCUT2D eigenvalue weighted by molar-refractivity contribution is 0.617. The van der Waals surface area contributed by atoms with E-state index in [9.17, 15) is 8.78 Å². The standard InChI is InChI=1S/C22H24BrF.C14H18.C8H7Br2F/c1-3-5-6-7-8-17-9-11-18(12-10-17)13-14-19-15-20(4-2)22(23)21(24)16-19;1-3-5-6-7-8-14-11-9-13(4-2)10-12-14;1-2-5-3-6(9)4-7(11)8(5)10/h9-12,15-16H,3-8H2,1-2H3;2,9-12H,3,5-8H2,1H3;3-4H,2H2,1H3. The summed E-state index contributed by atoms with van der Waals surface area (Å²) in [6.07, 6.45) is 19.6. The van der Waals surface area contributed by atoms with Crippen LogP contribution in [0.15, 0.2) is 86.2 Å². The zero-order valence-corrected chi connectivity index (χ0v) is 34.1. The molecule has 260 valence electrons. The average Bonchev–Trinajstić information content (AvgIpc) is 3.12. The topological polar surface area (TPSA) is 0 Å². The normalized spacial score (nSPS) is 10.1. The average molecular weight is 856 g/mol. The van der Waals surface area contributed by atoms with Crippen molar-refractivity contribution in [2.45, 2.75) is 105 Å². The van der Waals surface area contributed by atoms with Crippen molar-refractivity contribution in [1.29, 1.82) is 0 Å². The minimum Gasteiger partial charge on any atom is -0.206 e. The molecule has 0 saturated heterocycles. The van der Waals surface area contributed by atoms with E-state index in [4.69, 9.17) is 6.42 Å². The molecule has 0 amide bonds. The van der Waals surface area contributed by atoms with Crippen molar-refractivity contribution in [2.75, 3.05) is 0 Å². The lowest BCUT2D eigenvalue weighted by atomic mass is 10.0. The van der Waals surface area contributed by atoms with Gasteiger partial charge in [-0.25, -0.2) is 8.78 Å². The van der Waals surface area contributed by atoms with Crippen molar-refractivity contribution < 1.29 is 8.78 Å². The molecule has 0 saturated carbocycles. The lowest BCUT2D eigenvalue weighted by Crippen LogP contribution is -1.90. The Morgan fingerprint density at radius 3 is 1.45 bits per heavy atom. The number of rotatable bonds is 12. The van der Waals surface area contributed by atoms with Gasteiger partial charge in [0, 0.05) is 21.2 Å². The quantitative estimate of drug-likeness (QED) is 0.0757. The summed E-state index contributed by atoms with van der Waals surface area (Å²) in [6.45, 7) is 8.47. The molecule has 0 heterocycles. The Bertz CT molecular complexity index is 1660. The van der Waals surface area contributed by atoms with Crippen LogP contribution in [-0.4, -0.2) is 0 Å². The predicted octanol–water partition coefficient (Wildman–Crippen LogP) is 14.4. The molecule has 5 heteroatoms. The maximum atomic E-state index is 13.9. The van der Waals surface area contributed by atoms with Crippen molar-refractivity contribution in [1.82, 2.24) is 0 Å². The summed E-state index contributed by atoms with van der Waals surface area (Å²) < 4.78 is 28.7. The van der Waals surface area contributed by atoms with Gasteiger partial charge in [0.05, 0.1) is 8.95 Å². The molecule has 0 aliphatic carbocycles. The van der Waals surface area contributed by atoms with Crippen LogP contribution >= 0.6 is 47.8 Å². The van der Waals surface area contributed by atoms with Crippen LogP contribution in [0.25, 0.3) is 0 Å². The molecule has 0 spiro atoms. The van der Waals surface area contributed by atoms with Crippen molar-refractivity contribution in [3.05, 3.63) is 137 Å². The van der Waals surface area contributed by atoms with Crippen LogP contribution in [0.3, 0.4) is 0 Å². The number of halogens is 5. The fraction of sp³-hybridized carbons (Fsp3) is 0.364. The summed E-state index contributed by atoms with van der Waals surface area (Å²) >= 11 is 9.69. The highest BCUT2D eigenvalue weighted by molar-refractivity contribution is 9.11. The second-order valence-electron chi connectivity index (χ2n) is 11.9. The van der Waals surface area contributed by atoms with Gasteiger partial charge in [0.2, 0.25) is 0 Å². The first-order valence-electron chi connectivity index (χ1n) is 17.4. The molecule has 0 nitrogen and oxygen atoms in total. The summed E-state index contributed by atoms with van der Waals surface area (Å²) in [5.41, 5.74) is 7.35. The first-order valence-corrected chi connectivity index (χ1v) is 19.8. The lowest BCUT2D eigenvalue weighted by Gasteiger charge is -2.03. The SMILES string of the molecule is C#Cc1ccc(CCCCCC)cc1.CCCCCCc1ccc(C#Cc2cc(F)c(Br)c(CC)c2)cc1.CCc1cc(Br)cc(F)c1Br. The fourth-order valence-corrected chi connectivity index (χ4v) is 6.52. The third kappa shape index (κ3) is 16.2. The monoisotopic (exact) mass is 852 g/mol. The fourth-order valence-electron chi connectivity index (χ4n) is 5.02. The van der Waals surface area contributed by atoms with Gasteiger partial charge < -0.3 is 0 Å². The van der Waals surface area contributed by atoms with E-state index in [0.29, 0.717) is 8.95 Å². The highest BCUT2D eigenvalue weighted by Gasteiger charge is 2.06. The van der Waals surface area contributed by atoms with Gasteiger partial charge in [0.15, 0.2) is 0 Å². The molecular weight excluding hydrogens is 806 g/mol. The number of hydrogen-bond acceptors (Lipinski definition) is 0. The van der Waals surface area contributed by atoms with E-state index in [1.54, 1.807) is 0 Å². The van der Waals surface area contributed by atoms with Crippen LogP contribution < -0.4 is 0 Å². The van der Waals surface area contributed by atoms with Gasteiger partial charge in [-0.1, -0.05) is 124 Å². The molecule has 0 aromatic heterocycles. The molecule has 0 bridgehead atoms. The van der Waals surface area contributed by atoms with Crippen LogP contribution in [0.2, 0.25) is 0 Å². The summed E-state index contributed by atoms with van der Waals surface area (Å²) in [7, 11) is 0. The molecule has 49 heavy (non-hydrogen) atoms. The largest absolute Gasteiger partial charge is 0.206 e. The Balaban J connectivity index is 0.000000282. The summed E-state index contributed by atoms with van der Waals surface area (Å²) in [6, 6.07) is 23.5. The third-order valence-electron chi connectivity index (χ3n) is 8.00. The number of terminal acetylenes is 1. The van der Waals surface area contributed by atoms with E-state index in [1.807, 2.05) is 38.1 Å². The van der Waals surface area contributed by atoms with Gasteiger partial charge in [-0.05, 0) is 141 Å². The second-order valence-corrected chi connectivity index (χ2v) is 14.4. The first kappa shape index (κ1) is 42.5. The Hall–Kier alpha value is -2.70. The Morgan fingerprint density at radius 1 is 0.531 bits per heavy atom. The van der Waals surface area contributed by atoms with E-state index in [1.165, 1.54) is 81.0 Å². The Morgan fingerprint density at radius 2 is 0.980 bits per heavy atom. The summed E-state index contributed by atoms with van der Waals surface area (Å²) in [5, 5.41) is 0. The number of unbranched alkanes of at least 4 members (excludes halogenated alkanes) is 6. The summed E-state index contributed by atoms with van der Waals surface area (Å²) in [4.78, 5) is 0. The number of aryl methyl sites for hydroxylation is 4.